The van der Waals surface area contributed by atoms with Gasteiger partial charge in [-0.25, -0.2) is 4.39 Å². The molecule has 0 aromatic heterocycles. The van der Waals surface area contributed by atoms with Crippen molar-refractivity contribution in [2.24, 2.45) is 0 Å². The minimum Gasteiger partial charge on any atom is -0.493 e. The van der Waals surface area contributed by atoms with Crippen LogP contribution in [0.4, 0.5) is 4.39 Å². The fraction of sp³-hybridized carbons (Fsp3) is 0.381. The van der Waals surface area contributed by atoms with E-state index in [9.17, 15) is 9.18 Å². The predicted molar refractivity (Wildman–Crippen MR) is 108 cm³/mol. The van der Waals surface area contributed by atoms with Crippen molar-refractivity contribution in [2.45, 2.75) is 25.6 Å². The quantitative estimate of drug-likeness (QED) is 0.622. The van der Waals surface area contributed by atoms with Crippen molar-refractivity contribution in [3.63, 3.8) is 0 Å². The van der Waals surface area contributed by atoms with E-state index < -0.39 is 0 Å². The Bertz CT molecular complexity index is 752. The largest absolute Gasteiger partial charge is 0.493 e. The number of hydrogen-bond donors (Lipinski definition) is 0. The molecule has 0 saturated heterocycles. The van der Waals surface area contributed by atoms with Gasteiger partial charge in [0, 0.05) is 18.3 Å². The van der Waals surface area contributed by atoms with Gasteiger partial charge in [-0.3, -0.25) is 4.79 Å². The van der Waals surface area contributed by atoms with E-state index in [4.69, 9.17) is 9.47 Å². The van der Waals surface area contributed by atoms with Gasteiger partial charge < -0.3 is 14.4 Å². The van der Waals surface area contributed by atoms with Gasteiger partial charge in [0.15, 0.2) is 11.5 Å². The Kier molecular flexibility index (Phi) is 7.98. The molecule has 0 fully saturated rings. The number of carbonyl (C=O) groups excluding carboxylic acids is 1. The average Bonchev–Trinajstić information content (AvgIpc) is 2.70. The van der Waals surface area contributed by atoms with Gasteiger partial charge in [-0.1, -0.05) is 18.2 Å². The molecule has 0 N–H and O–H groups in total. The zero-order chi connectivity index (χ0) is 19.8. The predicted octanol–water partition coefficient (Wildman–Crippen LogP) is 4.69. The van der Waals surface area contributed by atoms with Crippen molar-refractivity contribution in [1.29, 1.82) is 0 Å². The summed E-state index contributed by atoms with van der Waals surface area (Å²) in [4.78, 5) is 14.4. The molecule has 146 valence electrons. The molecule has 2 aromatic rings. The van der Waals surface area contributed by atoms with Gasteiger partial charge >= 0.3 is 0 Å². The number of halogens is 1. The van der Waals surface area contributed by atoms with Gasteiger partial charge in [-0.05, 0) is 49.2 Å². The lowest BCUT2D eigenvalue weighted by molar-refractivity contribution is -0.128. The number of methoxy groups -OCH3 is 2. The summed E-state index contributed by atoms with van der Waals surface area (Å²) in [7, 11) is 3.19. The summed E-state index contributed by atoms with van der Waals surface area (Å²) in [6.45, 7) is 5.13. The second-order valence-electron chi connectivity index (χ2n) is 6.10. The minimum absolute atomic E-state index is 0.0752. The third-order valence-electron chi connectivity index (χ3n) is 4.35. The lowest BCUT2D eigenvalue weighted by Gasteiger charge is -2.22. The highest BCUT2D eigenvalue weighted by Gasteiger charge is 2.16. The van der Waals surface area contributed by atoms with Crippen molar-refractivity contribution < 1.29 is 18.7 Å². The molecule has 0 spiro atoms. The molecule has 27 heavy (non-hydrogen) atoms. The Morgan fingerprint density at radius 3 is 2.37 bits per heavy atom. The molecule has 0 radical (unpaired) electrons. The maximum atomic E-state index is 13.0. The summed E-state index contributed by atoms with van der Waals surface area (Å²) in [6.07, 6.45) is 0. The van der Waals surface area contributed by atoms with Gasteiger partial charge in [0.05, 0.1) is 20.0 Å². The van der Waals surface area contributed by atoms with E-state index in [-0.39, 0.29) is 17.0 Å². The third-order valence-corrected chi connectivity index (χ3v) is 5.54. The summed E-state index contributed by atoms with van der Waals surface area (Å²) in [5.74, 6) is 1.52. The van der Waals surface area contributed by atoms with Crippen LogP contribution in [0.15, 0.2) is 42.5 Å². The first kappa shape index (κ1) is 21.1. The number of ether oxygens (including phenoxy) is 2. The van der Waals surface area contributed by atoms with Crippen LogP contribution in [0.2, 0.25) is 0 Å². The molecule has 1 unspecified atom stereocenters. The highest BCUT2D eigenvalue weighted by molar-refractivity contribution is 8.00. The topological polar surface area (TPSA) is 38.8 Å². The summed E-state index contributed by atoms with van der Waals surface area (Å²) < 4.78 is 23.6. The fourth-order valence-electron chi connectivity index (χ4n) is 2.69. The SMILES string of the molecule is CCN(Cc1ccc(OC)c(OC)c1)C(=O)CSC(C)c1ccc(F)cc1. The van der Waals surface area contributed by atoms with Gasteiger partial charge in [0.25, 0.3) is 0 Å². The van der Waals surface area contributed by atoms with Gasteiger partial charge in [0.1, 0.15) is 5.82 Å². The summed E-state index contributed by atoms with van der Waals surface area (Å²) in [6, 6.07) is 12.1. The number of amides is 1. The average molecular weight is 392 g/mol. The van der Waals surface area contributed by atoms with E-state index in [0.29, 0.717) is 30.3 Å². The van der Waals surface area contributed by atoms with Gasteiger partial charge in [-0.15, -0.1) is 11.8 Å². The van der Waals surface area contributed by atoms with Crippen LogP contribution in [-0.2, 0) is 11.3 Å². The van der Waals surface area contributed by atoms with Crippen molar-refractivity contribution >= 4 is 17.7 Å². The molecular formula is C21H26FNO3S. The van der Waals surface area contributed by atoms with E-state index >= 15 is 0 Å². The standard InChI is InChI=1S/C21H26FNO3S/c1-5-23(13-16-6-11-19(25-3)20(12-16)26-4)21(24)14-27-15(2)17-7-9-18(22)10-8-17/h6-12,15H,5,13-14H2,1-4H3. The van der Waals surface area contributed by atoms with E-state index in [1.807, 2.05) is 36.9 Å². The number of hydrogen-bond acceptors (Lipinski definition) is 4. The fourth-order valence-corrected chi connectivity index (χ4v) is 3.62. The molecule has 0 bridgehead atoms. The number of rotatable bonds is 9. The first-order chi connectivity index (χ1) is 13.0. The molecule has 0 saturated carbocycles. The second kappa shape index (κ2) is 10.2. The molecule has 0 aliphatic carbocycles. The smallest absolute Gasteiger partial charge is 0.232 e. The molecule has 0 heterocycles. The van der Waals surface area contributed by atoms with E-state index in [1.165, 1.54) is 12.1 Å². The Morgan fingerprint density at radius 1 is 1.11 bits per heavy atom. The normalized spacial score (nSPS) is 11.7. The monoisotopic (exact) mass is 391 g/mol. The minimum atomic E-state index is -0.251. The summed E-state index contributed by atoms with van der Waals surface area (Å²) in [5.41, 5.74) is 2.00. The first-order valence-electron chi connectivity index (χ1n) is 8.84. The molecule has 0 aliphatic rings. The zero-order valence-electron chi connectivity index (χ0n) is 16.2. The molecule has 1 amide bonds. The highest BCUT2D eigenvalue weighted by atomic mass is 32.2. The Labute approximate surface area is 164 Å². The van der Waals surface area contributed by atoms with E-state index in [2.05, 4.69) is 0 Å². The van der Waals surface area contributed by atoms with Crippen LogP contribution in [-0.4, -0.2) is 37.3 Å². The van der Waals surface area contributed by atoms with Crippen LogP contribution in [0.25, 0.3) is 0 Å². The zero-order valence-corrected chi connectivity index (χ0v) is 17.0. The van der Waals surface area contributed by atoms with Crippen molar-refractivity contribution in [1.82, 2.24) is 4.90 Å². The van der Waals surface area contributed by atoms with Gasteiger partial charge in [0.2, 0.25) is 5.91 Å². The van der Waals surface area contributed by atoms with Crippen molar-refractivity contribution in [3.8, 4) is 11.5 Å². The van der Waals surface area contributed by atoms with Crippen LogP contribution in [0.1, 0.15) is 30.2 Å². The van der Waals surface area contributed by atoms with Crippen LogP contribution >= 0.6 is 11.8 Å². The Morgan fingerprint density at radius 2 is 1.78 bits per heavy atom. The van der Waals surface area contributed by atoms with E-state index in [0.717, 1.165) is 11.1 Å². The lowest BCUT2D eigenvalue weighted by atomic mass is 10.2. The maximum Gasteiger partial charge on any atom is 0.232 e. The third kappa shape index (κ3) is 5.89. The van der Waals surface area contributed by atoms with Crippen molar-refractivity contribution in [2.75, 3.05) is 26.5 Å². The molecule has 1 atom stereocenters. The number of carbonyl (C=O) groups is 1. The van der Waals surface area contributed by atoms with Crippen LogP contribution in [0.3, 0.4) is 0 Å². The Hall–Kier alpha value is -2.21. The lowest BCUT2D eigenvalue weighted by Crippen LogP contribution is -2.31. The highest BCUT2D eigenvalue weighted by Crippen LogP contribution is 2.30. The maximum absolute atomic E-state index is 13.0. The molecule has 2 aromatic carbocycles. The van der Waals surface area contributed by atoms with E-state index in [1.54, 1.807) is 38.1 Å². The molecular weight excluding hydrogens is 365 g/mol. The molecule has 6 heteroatoms. The van der Waals surface area contributed by atoms with Crippen molar-refractivity contribution in [3.05, 3.63) is 59.4 Å². The number of benzene rings is 2. The second-order valence-corrected chi connectivity index (χ2v) is 7.43. The summed E-state index contributed by atoms with van der Waals surface area (Å²) >= 11 is 1.55. The molecule has 2 rings (SSSR count). The molecule has 4 nitrogen and oxygen atoms in total. The van der Waals surface area contributed by atoms with Crippen LogP contribution in [0.5, 0.6) is 11.5 Å². The van der Waals surface area contributed by atoms with Crippen LogP contribution in [0, 0.1) is 5.82 Å². The Balaban J connectivity index is 1.96. The first-order valence-corrected chi connectivity index (χ1v) is 9.89. The number of thioether (sulfide) groups is 1. The van der Waals surface area contributed by atoms with Crippen LogP contribution < -0.4 is 9.47 Å². The molecule has 0 aliphatic heterocycles. The van der Waals surface area contributed by atoms with Gasteiger partial charge in [-0.2, -0.15) is 0 Å². The number of nitrogens with zero attached hydrogens (tertiary/aromatic N) is 1. The summed E-state index contributed by atoms with van der Waals surface area (Å²) in [5, 5.41) is 0.120.